The number of rotatable bonds is 15. The third kappa shape index (κ3) is 8.24. The molecule has 0 saturated heterocycles. The maximum absolute atomic E-state index is 11.2. The summed E-state index contributed by atoms with van der Waals surface area (Å²) in [6.07, 6.45) is 11.6. The summed E-state index contributed by atoms with van der Waals surface area (Å²) in [5, 5.41) is 0. The van der Waals surface area contributed by atoms with Crippen LogP contribution in [0.15, 0.2) is 24.3 Å². The lowest BCUT2D eigenvalue weighted by atomic mass is 9.89. The Morgan fingerprint density at radius 2 is 1.42 bits per heavy atom. The monoisotopic (exact) mass is 384 g/mol. The standard InChI is InChI=1S/C21H37O4P/c1-4-7-8-9-10-11-12-13-18-24-20-16-14-19(15-17-20)21(5-2,6-3)25-26(22)23/h14-17,26H,4-13,18H2,1-3H3,(H,22,23). The third-order valence-corrected chi connectivity index (χ3v) is 5.64. The normalized spacial score (nSPS) is 12.9. The van der Waals surface area contributed by atoms with Crippen LogP contribution in [0.1, 0.15) is 90.5 Å². The summed E-state index contributed by atoms with van der Waals surface area (Å²) in [4.78, 5) is 9.21. The van der Waals surface area contributed by atoms with Gasteiger partial charge in [-0.15, -0.1) is 0 Å². The van der Waals surface area contributed by atoms with Crippen LogP contribution in [0.2, 0.25) is 0 Å². The SMILES string of the molecule is CCCCCCCCCCOc1ccc(C(CC)(CC)O[PH](=O)O)cc1. The van der Waals surface area contributed by atoms with Crippen LogP contribution >= 0.6 is 8.25 Å². The van der Waals surface area contributed by atoms with Crippen molar-refractivity contribution in [1.29, 1.82) is 0 Å². The molecular formula is C21H37O4P. The Bertz CT molecular complexity index is 497. The molecular weight excluding hydrogens is 347 g/mol. The van der Waals surface area contributed by atoms with E-state index in [2.05, 4.69) is 6.92 Å². The molecule has 4 nitrogen and oxygen atoms in total. The average molecular weight is 384 g/mol. The van der Waals surface area contributed by atoms with Crippen molar-refractivity contribution in [2.75, 3.05) is 6.61 Å². The van der Waals surface area contributed by atoms with Gasteiger partial charge in [-0.3, -0.25) is 9.09 Å². The minimum Gasteiger partial charge on any atom is -0.494 e. The molecule has 0 heterocycles. The fraction of sp³-hybridized carbons (Fsp3) is 0.714. The highest BCUT2D eigenvalue weighted by Gasteiger charge is 2.31. The van der Waals surface area contributed by atoms with Crippen LogP contribution < -0.4 is 4.74 Å². The van der Waals surface area contributed by atoms with E-state index in [1.807, 2.05) is 38.1 Å². The molecule has 1 rings (SSSR count). The Morgan fingerprint density at radius 1 is 0.885 bits per heavy atom. The van der Waals surface area contributed by atoms with Gasteiger partial charge in [-0.05, 0) is 37.0 Å². The van der Waals surface area contributed by atoms with Crippen LogP contribution in [-0.2, 0) is 14.7 Å². The summed E-state index contributed by atoms with van der Waals surface area (Å²) < 4.78 is 22.4. The average Bonchev–Trinajstić information content (AvgIpc) is 2.65. The van der Waals surface area contributed by atoms with E-state index in [0.29, 0.717) is 12.8 Å². The molecule has 5 heteroatoms. The molecule has 1 aromatic carbocycles. The molecule has 1 aromatic rings. The minimum atomic E-state index is -2.98. The molecule has 0 aliphatic rings. The molecule has 0 aliphatic carbocycles. The van der Waals surface area contributed by atoms with Gasteiger partial charge in [-0.1, -0.05) is 77.8 Å². The van der Waals surface area contributed by atoms with Gasteiger partial charge in [0.05, 0.1) is 6.61 Å². The molecule has 26 heavy (non-hydrogen) atoms. The van der Waals surface area contributed by atoms with E-state index in [1.54, 1.807) is 0 Å². The fourth-order valence-corrected chi connectivity index (χ4v) is 4.05. The van der Waals surface area contributed by atoms with E-state index in [-0.39, 0.29) is 0 Å². The number of unbranched alkanes of at least 4 members (excludes halogenated alkanes) is 7. The Labute approximate surface area is 160 Å². The van der Waals surface area contributed by atoms with E-state index in [0.717, 1.165) is 24.3 Å². The molecule has 0 saturated carbocycles. The maximum Gasteiger partial charge on any atom is 0.317 e. The Hall–Kier alpha value is -0.830. The van der Waals surface area contributed by atoms with E-state index in [9.17, 15) is 9.46 Å². The van der Waals surface area contributed by atoms with E-state index in [4.69, 9.17) is 9.26 Å². The van der Waals surface area contributed by atoms with Crippen molar-refractivity contribution in [2.45, 2.75) is 90.6 Å². The second-order valence-electron chi connectivity index (χ2n) is 6.92. The lowest BCUT2D eigenvalue weighted by molar-refractivity contribution is 0.0535. The second-order valence-corrected chi connectivity index (χ2v) is 7.65. The van der Waals surface area contributed by atoms with Gasteiger partial charge in [0.15, 0.2) is 0 Å². The molecule has 0 aliphatic heterocycles. The van der Waals surface area contributed by atoms with E-state index >= 15 is 0 Å². The second kappa shape index (κ2) is 13.4. The molecule has 1 atom stereocenters. The first-order chi connectivity index (χ1) is 12.6. The van der Waals surface area contributed by atoms with E-state index in [1.165, 1.54) is 44.9 Å². The number of benzene rings is 1. The summed E-state index contributed by atoms with van der Waals surface area (Å²) in [6.45, 7) is 6.93. The van der Waals surface area contributed by atoms with Crippen LogP contribution in [0.3, 0.4) is 0 Å². The van der Waals surface area contributed by atoms with Crippen molar-refractivity contribution in [2.24, 2.45) is 0 Å². The van der Waals surface area contributed by atoms with Crippen LogP contribution in [-0.4, -0.2) is 11.5 Å². The highest BCUT2D eigenvalue weighted by atomic mass is 31.1. The van der Waals surface area contributed by atoms with Crippen molar-refractivity contribution in [3.05, 3.63) is 29.8 Å². The van der Waals surface area contributed by atoms with Gasteiger partial charge < -0.3 is 9.63 Å². The van der Waals surface area contributed by atoms with Gasteiger partial charge >= 0.3 is 8.25 Å². The summed E-state index contributed by atoms with van der Waals surface area (Å²) in [5.41, 5.74) is 0.232. The minimum absolute atomic E-state index is 0.652. The summed E-state index contributed by atoms with van der Waals surface area (Å²) >= 11 is 0. The van der Waals surface area contributed by atoms with Crippen LogP contribution in [0.25, 0.3) is 0 Å². The molecule has 0 amide bonds. The van der Waals surface area contributed by atoms with Crippen molar-refractivity contribution < 1.29 is 18.7 Å². The molecule has 0 radical (unpaired) electrons. The van der Waals surface area contributed by atoms with Gasteiger partial charge in [-0.2, -0.15) is 0 Å². The Balaban J connectivity index is 2.37. The quantitative estimate of drug-likeness (QED) is 0.273. The van der Waals surface area contributed by atoms with Crippen LogP contribution in [0.4, 0.5) is 0 Å². The van der Waals surface area contributed by atoms with Crippen LogP contribution in [0, 0.1) is 0 Å². The topological polar surface area (TPSA) is 55.8 Å². The third-order valence-electron chi connectivity index (χ3n) is 5.07. The lowest BCUT2D eigenvalue weighted by Gasteiger charge is -2.31. The first kappa shape index (κ1) is 23.2. The largest absolute Gasteiger partial charge is 0.494 e. The van der Waals surface area contributed by atoms with Gasteiger partial charge in [0.1, 0.15) is 11.4 Å². The maximum atomic E-state index is 11.2. The summed E-state index contributed by atoms with van der Waals surface area (Å²) in [6, 6.07) is 7.75. The first-order valence-electron chi connectivity index (χ1n) is 10.2. The zero-order chi connectivity index (χ0) is 19.3. The predicted octanol–water partition coefficient (Wildman–Crippen LogP) is 6.62. The first-order valence-corrected chi connectivity index (χ1v) is 11.5. The molecule has 0 spiro atoms. The predicted molar refractivity (Wildman–Crippen MR) is 109 cm³/mol. The van der Waals surface area contributed by atoms with Gasteiger partial charge in [-0.25, -0.2) is 0 Å². The zero-order valence-corrected chi connectivity index (χ0v) is 17.8. The molecule has 0 fully saturated rings. The van der Waals surface area contributed by atoms with Crippen molar-refractivity contribution in [3.63, 3.8) is 0 Å². The van der Waals surface area contributed by atoms with Gasteiger partial charge in [0, 0.05) is 0 Å². The smallest absolute Gasteiger partial charge is 0.317 e. The lowest BCUT2D eigenvalue weighted by Crippen LogP contribution is -2.25. The van der Waals surface area contributed by atoms with Gasteiger partial charge in [0.2, 0.25) is 0 Å². The fourth-order valence-electron chi connectivity index (χ4n) is 3.31. The van der Waals surface area contributed by atoms with E-state index < -0.39 is 13.9 Å². The Morgan fingerprint density at radius 3 is 1.92 bits per heavy atom. The van der Waals surface area contributed by atoms with Crippen molar-refractivity contribution in [1.82, 2.24) is 0 Å². The Kier molecular flexibility index (Phi) is 11.9. The molecule has 0 bridgehead atoms. The number of hydrogen-bond donors (Lipinski definition) is 1. The highest BCUT2D eigenvalue weighted by Crippen LogP contribution is 2.40. The van der Waals surface area contributed by atoms with Crippen molar-refractivity contribution >= 4 is 8.25 Å². The zero-order valence-electron chi connectivity index (χ0n) is 16.8. The molecule has 150 valence electrons. The molecule has 1 unspecified atom stereocenters. The van der Waals surface area contributed by atoms with Gasteiger partial charge in [0.25, 0.3) is 0 Å². The number of hydrogen-bond acceptors (Lipinski definition) is 3. The summed E-state index contributed by atoms with van der Waals surface area (Å²) in [5.74, 6) is 0.842. The highest BCUT2D eigenvalue weighted by molar-refractivity contribution is 7.32. The molecule has 1 N–H and O–H groups in total. The molecule has 0 aromatic heterocycles. The number of ether oxygens (including phenoxy) is 1. The summed E-state index contributed by atoms with van der Waals surface area (Å²) in [7, 11) is -2.98. The van der Waals surface area contributed by atoms with Crippen molar-refractivity contribution in [3.8, 4) is 5.75 Å². The van der Waals surface area contributed by atoms with Crippen LogP contribution in [0.5, 0.6) is 5.75 Å².